The maximum atomic E-state index is 13.1. The van der Waals surface area contributed by atoms with Crippen LogP contribution < -0.4 is 10.6 Å². The van der Waals surface area contributed by atoms with Gasteiger partial charge in [0, 0.05) is 71.2 Å². The largest absolute Gasteiger partial charge is 0.379 e. The van der Waals surface area contributed by atoms with E-state index in [1.165, 1.54) is 30.6 Å². The van der Waals surface area contributed by atoms with Crippen LogP contribution in [0, 0.1) is 24.7 Å². The molecule has 2 heterocycles. The highest BCUT2D eigenvalue weighted by Crippen LogP contribution is 2.45. The highest BCUT2D eigenvalue weighted by atomic mass is 16.1. The molecule has 1 saturated heterocycles. The van der Waals surface area contributed by atoms with E-state index in [2.05, 4.69) is 84.6 Å². The Morgan fingerprint density at radius 3 is 2.74 bits per heavy atom. The Morgan fingerprint density at radius 2 is 2.03 bits per heavy atom. The van der Waals surface area contributed by atoms with E-state index < -0.39 is 0 Å². The maximum Gasteiger partial charge on any atom is 0.255 e. The second-order valence-electron chi connectivity index (χ2n) is 11.3. The lowest BCUT2D eigenvalue weighted by atomic mass is 10.0. The smallest absolute Gasteiger partial charge is 0.255 e. The number of benzene rings is 2. The van der Waals surface area contributed by atoms with Crippen LogP contribution in [0.1, 0.15) is 63.1 Å². The molecule has 2 aromatic carbocycles. The molecule has 1 saturated carbocycles. The number of hydrogen-bond donors (Lipinski definition) is 2. The molecule has 4 atom stereocenters. The average molecular weight is 516 g/mol. The number of aliphatic imine (C=N–C) groups is 1. The average Bonchev–Trinajstić information content (AvgIpc) is 3.51. The summed E-state index contributed by atoms with van der Waals surface area (Å²) in [6, 6.07) is 14.2. The molecule has 204 valence electrons. The van der Waals surface area contributed by atoms with Crippen molar-refractivity contribution in [3.8, 4) is 0 Å². The lowest BCUT2D eigenvalue weighted by Gasteiger charge is -2.22. The molecule has 5 rings (SSSR count). The standard InChI is InChI=1S/C32H41N5O.2H2/c1-6-36(5)20-31-22(3)13-30(16-33-31)34-23(4)24-8-7-9-29(15-24)35-32(38)25-10-11-26(21(2)12-25)17-37-18-27-14-28(27)19-37;;/h7-13,15-16,20,22-23,27-28,34H,6,14,17-19H2,1-5H3,(H,35,38);2*1H/b31-20+;;/t22?,23-,27?,28?;;/m0../s1. The van der Waals surface area contributed by atoms with Crippen molar-refractivity contribution in [3.63, 3.8) is 0 Å². The molecule has 1 amide bonds. The Labute approximate surface area is 230 Å². The van der Waals surface area contributed by atoms with E-state index in [1.807, 2.05) is 36.5 Å². The number of hydrogen-bond acceptors (Lipinski definition) is 5. The monoisotopic (exact) mass is 515 g/mol. The highest BCUT2D eigenvalue weighted by molar-refractivity contribution is 6.04. The van der Waals surface area contributed by atoms with Crippen molar-refractivity contribution in [2.75, 3.05) is 32.0 Å². The van der Waals surface area contributed by atoms with Crippen LogP contribution >= 0.6 is 0 Å². The van der Waals surface area contributed by atoms with Gasteiger partial charge >= 0.3 is 0 Å². The number of carbonyl (C=O) groups excluding carboxylic acids is 1. The lowest BCUT2D eigenvalue weighted by molar-refractivity contribution is 0.102. The molecule has 2 fully saturated rings. The van der Waals surface area contributed by atoms with E-state index in [9.17, 15) is 4.79 Å². The first-order valence-corrected chi connectivity index (χ1v) is 14.0. The second kappa shape index (κ2) is 11.2. The number of dihydropyridines is 1. The van der Waals surface area contributed by atoms with Crippen LogP contribution in [0.2, 0.25) is 0 Å². The number of nitrogens with one attached hydrogen (secondary N) is 2. The number of nitrogens with zero attached hydrogens (tertiary/aromatic N) is 3. The number of fused-ring (bicyclic) bond motifs is 1. The van der Waals surface area contributed by atoms with Crippen LogP contribution in [-0.2, 0) is 6.54 Å². The summed E-state index contributed by atoms with van der Waals surface area (Å²) in [5, 5.41) is 6.66. The zero-order chi connectivity index (χ0) is 26.8. The van der Waals surface area contributed by atoms with Crippen LogP contribution in [0.5, 0.6) is 0 Å². The first kappa shape index (κ1) is 26.2. The Bertz CT molecular complexity index is 1280. The van der Waals surface area contributed by atoms with Crippen LogP contribution in [0.3, 0.4) is 0 Å². The fourth-order valence-corrected chi connectivity index (χ4v) is 5.51. The minimum Gasteiger partial charge on any atom is -0.379 e. The molecule has 0 aromatic heterocycles. The van der Waals surface area contributed by atoms with Gasteiger partial charge < -0.3 is 15.5 Å². The Kier molecular flexibility index (Phi) is 7.70. The van der Waals surface area contributed by atoms with Gasteiger partial charge in [-0.25, -0.2) is 0 Å². The first-order chi connectivity index (χ1) is 18.3. The van der Waals surface area contributed by atoms with Crippen molar-refractivity contribution in [2.24, 2.45) is 22.7 Å². The molecule has 6 heteroatoms. The summed E-state index contributed by atoms with van der Waals surface area (Å²) in [6.45, 7) is 12.9. The highest BCUT2D eigenvalue weighted by Gasteiger charge is 2.44. The second-order valence-corrected chi connectivity index (χ2v) is 11.3. The van der Waals surface area contributed by atoms with E-state index in [4.69, 9.17) is 0 Å². The summed E-state index contributed by atoms with van der Waals surface area (Å²) in [4.78, 5) is 22.4. The summed E-state index contributed by atoms with van der Waals surface area (Å²) in [6.07, 6.45) is 7.64. The number of piperidine rings is 1. The van der Waals surface area contributed by atoms with Gasteiger partial charge in [-0.1, -0.05) is 31.2 Å². The van der Waals surface area contributed by atoms with Crippen LogP contribution in [0.25, 0.3) is 0 Å². The van der Waals surface area contributed by atoms with Gasteiger partial charge in [0.25, 0.3) is 5.91 Å². The van der Waals surface area contributed by atoms with Crippen LogP contribution in [0.4, 0.5) is 5.69 Å². The molecular formula is C32H45N5O. The van der Waals surface area contributed by atoms with Gasteiger partial charge in [-0.2, -0.15) is 0 Å². The number of amides is 1. The lowest BCUT2D eigenvalue weighted by Crippen LogP contribution is -2.23. The summed E-state index contributed by atoms with van der Waals surface area (Å²) in [5.74, 6) is 2.04. The molecule has 0 bridgehead atoms. The number of aryl methyl sites for hydroxylation is 1. The SMILES string of the molecule is CCN(C)/C=C1/N=CC(N[C@@H](C)c2cccc(NC(=O)c3ccc(CN4CC5CC5C4)c(C)c3)c2)=CC1C.[HH].[HH]. The van der Waals surface area contributed by atoms with Crippen LogP contribution in [-0.4, -0.2) is 48.6 Å². The zero-order valence-electron chi connectivity index (χ0n) is 23.4. The molecule has 2 aliphatic heterocycles. The predicted molar refractivity (Wildman–Crippen MR) is 160 cm³/mol. The van der Waals surface area contributed by atoms with E-state index in [0.717, 1.165) is 47.6 Å². The normalized spacial score (nSPS) is 24.1. The quantitative estimate of drug-likeness (QED) is 0.415. The van der Waals surface area contributed by atoms with Crippen molar-refractivity contribution in [2.45, 2.75) is 46.7 Å². The fraction of sp³-hybridized carbons (Fsp3) is 0.438. The van der Waals surface area contributed by atoms with Crippen molar-refractivity contribution in [1.82, 2.24) is 15.1 Å². The van der Waals surface area contributed by atoms with Gasteiger partial charge in [-0.3, -0.25) is 14.7 Å². The summed E-state index contributed by atoms with van der Waals surface area (Å²) >= 11 is 0. The van der Waals surface area contributed by atoms with Crippen molar-refractivity contribution < 1.29 is 7.65 Å². The van der Waals surface area contributed by atoms with Gasteiger partial charge in [0.15, 0.2) is 0 Å². The van der Waals surface area contributed by atoms with E-state index >= 15 is 0 Å². The van der Waals surface area contributed by atoms with Gasteiger partial charge in [0.1, 0.15) is 0 Å². The minimum absolute atomic E-state index is 0. The molecular weight excluding hydrogens is 470 g/mol. The van der Waals surface area contributed by atoms with E-state index in [1.54, 1.807) is 0 Å². The van der Waals surface area contributed by atoms with Crippen LogP contribution in [0.15, 0.2) is 71.1 Å². The minimum atomic E-state index is -0.0767. The van der Waals surface area contributed by atoms with Gasteiger partial charge in [0.05, 0.1) is 11.9 Å². The molecule has 2 N–H and O–H groups in total. The third kappa shape index (κ3) is 6.18. The number of anilines is 1. The number of likely N-dealkylation sites (tertiary alicyclic amines) is 1. The summed E-state index contributed by atoms with van der Waals surface area (Å²) < 4.78 is 0. The topological polar surface area (TPSA) is 60.0 Å². The molecule has 1 aliphatic carbocycles. The number of rotatable bonds is 9. The number of allylic oxidation sites excluding steroid dienone is 2. The van der Waals surface area contributed by atoms with Crippen molar-refractivity contribution >= 4 is 17.8 Å². The zero-order valence-corrected chi connectivity index (χ0v) is 23.4. The molecule has 3 aliphatic rings. The molecule has 0 radical (unpaired) electrons. The molecule has 0 spiro atoms. The molecule has 6 nitrogen and oxygen atoms in total. The molecule has 2 aromatic rings. The first-order valence-electron chi connectivity index (χ1n) is 14.0. The molecule has 38 heavy (non-hydrogen) atoms. The predicted octanol–water partition coefficient (Wildman–Crippen LogP) is 6.24. The maximum absolute atomic E-state index is 13.1. The third-order valence-electron chi connectivity index (χ3n) is 8.18. The fourth-order valence-electron chi connectivity index (χ4n) is 5.51. The Hall–Kier alpha value is -3.38. The summed E-state index contributed by atoms with van der Waals surface area (Å²) in [5.41, 5.74) is 7.17. The van der Waals surface area contributed by atoms with Gasteiger partial charge in [-0.05, 0) is 80.0 Å². The third-order valence-corrected chi connectivity index (χ3v) is 8.18. The van der Waals surface area contributed by atoms with Gasteiger partial charge in [-0.15, -0.1) is 0 Å². The van der Waals surface area contributed by atoms with Gasteiger partial charge in [0.2, 0.25) is 0 Å². The number of carbonyl (C=O) groups is 1. The summed E-state index contributed by atoms with van der Waals surface area (Å²) in [7, 11) is 2.06. The van der Waals surface area contributed by atoms with E-state index in [0.29, 0.717) is 5.56 Å². The van der Waals surface area contributed by atoms with Crippen molar-refractivity contribution in [3.05, 3.63) is 88.4 Å². The Balaban J connectivity index is 0.00000220. The van der Waals surface area contributed by atoms with E-state index in [-0.39, 0.29) is 20.7 Å². The Morgan fingerprint density at radius 1 is 1.24 bits per heavy atom. The van der Waals surface area contributed by atoms with Crippen molar-refractivity contribution in [1.29, 1.82) is 0 Å². The molecule has 3 unspecified atom stereocenters.